The maximum absolute atomic E-state index is 13.1. The van der Waals surface area contributed by atoms with E-state index in [2.05, 4.69) is 43.2 Å². The smallest absolute Gasteiger partial charge is 0.323 e. The van der Waals surface area contributed by atoms with Crippen LogP contribution in [0.1, 0.15) is 64.9 Å². The largest absolute Gasteiger partial charge is 0.494 e. The molecular formula is C25H35N3O4S2. The van der Waals surface area contributed by atoms with Gasteiger partial charge in [-0.05, 0) is 42.4 Å². The van der Waals surface area contributed by atoms with Crippen molar-refractivity contribution in [2.24, 2.45) is 0 Å². The highest BCUT2D eigenvalue weighted by Crippen LogP contribution is 2.29. The number of hydrogen-bond acceptors (Lipinski definition) is 6. The van der Waals surface area contributed by atoms with E-state index in [0.717, 1.165) is 42.1 Å². The van der Waals surface area contributed by atoms with Crippen molar-refractivity contribution in [1.82, 2.24) is 9.88 Å². The number of carboxylic acids is 1. The number of aliphatic carboxylic acids is 1. The first-order chi connectivity index (χ1) is 16.2. The molecule has 1 aliphatic carbocycles. The first kappa shape index (κ1) is 26.3. The number of carboxylic acid groups (broad SMARTS) is 1. The van der Waals surface area contributed by atoms with E-state index in [9.17, 15) is 9.59 Å². The van der Waals surface area contributed by atoms with E-state index >= 15 is 0 Å². The molecule has 0 unspecified atom stereocenters. The molecule has 0 bridgehead atoms. The Labute approximate surface area is 210 Å². The van der Waals surface area contributed by atoms with Crippen LogP contribution in [0.15, 0.2) is 34.7 Å². The van der Waals surface area contributed by atoms with E-state index in [1.54, 1.807) is 6.20 Å². The Bertz CT molecular complexity index is 934. The molecule has 1 aromatic carbocycles. The zero-order valence-electron chi connectivity index (χ0n) is 20.2. The number of nitrogens with one attached hydrogen (secondary N) is 1. The van der Waals surface area contributed by atoms with Gasteiger partial charge in [-0.15, -0.1) is 11.8 Å². The second-order valence-electron chi connectivity index (χ2n) is 9.56. The Morgan fingerprint density at radius 2 is 1.91 bits per heavy atom. The van der Waals surface area contributed by atoms with Crippen molar-refractivity contribution < 1.29 is 19.4 Å². The third-order valence-electron chi connectivity index (χ3n) is 5.85. The van der Waals surface area contributed by atoms with Gasteiger partial charge in [0.05, 0.1) is 22.8 Å². The van der Waals surface area contributed by atoms with Crippen LogP contribution in [0.4, 0.5) is 9.93 Å². The van der Waals surface area contributed by atoms with Gasteiger partial charge in [-0.2, -0.15) is 0 Å². The molecule has 1 saturated carbocycles. The summed E-state index contributed by atoms with van der Waals surface area (Å²) >= 11 is 2.51. The van der Waals surface area contributed by atoms with Crippen LogP contribution in [-0.4, -0.2) is 51.9 Å². The molecule has 186 valence electrons. The second-order valence-corrected chi connectivity index (χ2v) is 11.9. The molecule has 2 N–H and O–H groups in total. The van der Waals surface area contributed by atoms with Crippen molar-refractivity contribution in [2.45, 2.75) is 75.0 Å². The Morgan fingerprint density at radius 3 is 2.56 bits per heavy atom. The number of rotatable bonds is 10. The van der Waals surface area contributed by atoms with Crippen molar-refractivity contribution in [3.8, 4) is 5.75 Å². The minimum Gasteiger partial charge on any atom is -0.494 e. The predicted molar refractivity (Wildman–Crippen MR) is 138 cm³/mol. The maximum Gasteiger partial charge on any atom is 0.323 e. The number of thioether (sulfide) groups is 1. The van der Waals surface area contributed by atoms with Crippen molar-refractivity contribution in [1.29, 1.82) is 0 Å². The van der Waals surface area contributed by atoms with Crippen LogP contribution in [0.25, 0.3) is 0 Å². The Morgan fingerprint density at radius 1 is 1.21 bits per heavy atom. The van der Waals surface area contributed by atoms with Gasteiger partial charge >= 0.3 is 12.0 Å². The lowest BCUT2D eigenvalue weighted by atomic mass is 9.87. The minimum atomic E-state index is -0.875. The number of carbonyl (C=O) groups excluding carboxylic acids is 1. The number of carbonyl (C=O) groups is 2. The van der Waals surface area contributed by atoms with Gasteiger partial charge < -0.3 is 14.7 Å². The highest BCUT2D eigenvalue weighted by molar-refractivity contribution is 8.01. The third kappa shape index (κ3) is 8.20. The maximum atomic E-state index is 13.1. The molecule has 1 aromatic heterocycles. The molecule has 34 heavy (non-hydrogen) atoms. The molecule has 0 aliphatic heterocycles. The van der Waals surface area contributed by atoms with Gasteiger partial charge in [0.15, 0.2) is 5.13 Å². The van der Waals surface area contributed by atoms with Gasteiger partial charge in [0.25, 0.3) is 0 Å². The lowest BCUT2D eigenvalue weighted by molar-refractivity contribution is -0.133. The summed E-state index contributed by atoms with van der Waals surface area (Å²) in [5, 5.41) is 12.3. The van der Waals surface area contributed by atoms with Gasteiger partial charge in [-0.3, -0.25) is 10.1 Å². The molecule has 7 nitrogen and oxygen atoms in total. The summed E-state index contributed by atoms with van der Waals surface area (Å²) in [5.41, 5.74) is 1.38. The van der Waals surface area contributed by atoms with Gasteiger partial charge in [0.1, 0.15) is 5.75 Å². The molecule has 1 fully saturated rings. The zero-order chi connectivity index (χ0) is 24.6. The lowest BCUT2D eigenvalue weighted by Gasteiger charge is -2.34. The third-order valence-corrected chi connectivity index (χ3v) is 7.94. The molecule has 3 rings (SSSR count). The number of benzene rings is 1. The summed E-state index contributed by atoms with van der Waals surface area (Å²) in [6, 6.07) is 8.30. The highest BCUT2D eigenvalue weighted by atomic mass is 32.2. The number of urea groups is 1. The average Bonchev–Trinajstić information content (AvgIpc) is 3.25. The van der Waals surface area contributed by atoms with E-state index < -0.39 is 5.97 Å². The fraction of sp³-hybridized carbons (Fsp3) is 0.560. The molecule has 2 amide bonds. The number of nitrogens with zero attached hydrogens (tertiary/aromatic N) is 2. The van der Waals surface area contributed by atoms with E-state index in [4.69, 9.17) is 9.84 Å². The Hall–Kier alpha value is -2.26. The van der Waals surface area contributed by atoms with Crippen LogP contribution in [0.3, 0.4) is 0 Å². The molecule has 1 heterocycles. The average molecular weight is 506 g/mol. The van der Waals surface area contributed by atoms with Crippen LogP contribution in [0.2, 0.25) is 0 Å². The van der Waals surface area contributed by atoms with Crippen LogP contribution in [0.5, 0.6) is 5.75 Å². The van der Waals surface area contributed by atoms with Gasteiger partial charge in [0.2, 0.25) is 0 Å². The molecule has 0 saturated heterocycles. The van der Waals surface area contributed by atoms with Crippen LogP contribution in [-0.2, 0) is 10.2 Å². The fourth-order valence-electron chi connectivity index (χ4n) is 4.00. The minimum absolute atomic E-state index is 0.0251. The molecule has 2 aromatic rings. The SMILES string of the molecule is CC(C)(C)c1ccc(OCCCN(C(=O)Nc2ncc(SCC(=O)O)s2)C2CCCCC2)cc1. The summed E-state index contributed by atoms with van der Waals surface area (Å²) in [6.45, 7) is 7.72. The standard InChI is InChI=1S/C25H35N3O4S2/c1-25(2,3)18-10-12-20(13-11-18)32-15-7-14-28(19-8-5-4-6-9-19)24(31)27-23-26-16-22(34-23)33-17-21(29)30/h10-13,16,19H,4-9,14-15,17H2,1-3H3,(H,29,30)(H,26,27,31). The first-order valence-corrected chi connectivity index (χ1v) is 13.6. The van der Waals surface area contributed by atoms with Crippen molar-refractivity contribution in [3.05, 3.63) is 36.0 Å². The summed E-state index contributed by atoms with van der Waals surface area (Å²) in [5.74, 6) is -0.0569. The normalized spacial score (nSPS) is 14.6. The van der Waals surface area contributed by atoms with E-state index in [1.165, 1.54) is 35.1 Å². The van der Waals surface area contributed by atoms with Crippen LogP contribution < -0.4 is 10.1 Å². The summed E-state index contributed by atoms with van der Waals surface area (Å²) in [7, 11) is 0. The van der Waals surface area contributed by atoms with E-state index in [-0.39, 0.29) is 23.2 Å². The van der Waals surface area contributed by atoms with E-state index in [1.807, 2.05) is 17.0 Å². The molecule has 0 radical (unpaired) electrons. The fourth-order valence-corrected chi connectivity index (χ4v) is 5.58. The highest BCUT2D eigenvalue weighted by Gasteiger charge is 2.26. The van der Waals surface area contributed by atoms with Gasteiger partial charge in [0, 0.05) is 12.6 Å². The summed E-state index contributed by atoms with van der Waals surface area (Å²) < 4.78 is 6.71. The number of anilines is 1. The molecule has 1 aliphatic rings. The van der Waals surface area contributed by atoms with Gasteiger partial charge in [-0.1, -0.05) is 63.5 Å². The zero-order valence-corrected chi connectivity index (χ0v) is 21.8. The number of hydrogen-bond donors (Lipinski definition) is 2. The molecule has 9 heteroatoms. The number of thiazole rings is 1. The molecule has 0 spiro atoms. The van der Waals surface area contributed by atoms with Gasteiger partial charge in [-0.25, -0.2) is 9.78 Å². The van der Waals surface area contributed by atoms with Crippen LogP contribution in [0, 0.1) is 0 Å². The second kappa shape index (κ2) is 12.4. The molecular weight excluding hydrogens is 470 g/mol. The monoisotopic (exact) mass is 505 g/mol. The quantitative estimate of drug-likeness (QED) is 0.293. The Balaban J connectivity index is 1.53. The number of amides is 2. The molecule has 0 atom stereocenters. The summed E-state index contributed by atoms with van der Waals surface area (Å²) in [4.78, 5) is 30.1. The topological polar surface area (TPSA) is 91.8 Å². The van der Waals surface area contributed by atoms with E-state index in [0.29, 0.717) is 18.3 Å². The van der Waals surface area contributed by atoms with Crippen molar-refractivity contribution in [2.75, 3.05) is 24.2 Å². The predicted octanol–water partition coefficient (Wildman–Crippen LogP) is 6.25. The van der Waals surface area contributed by atoms with Crippen LogP contribution >= 0.6 is 23.1 Å². The number of aromatic nitrogens is 1. The van der Waals surface area contributed by atoms with Crippen molar-refractivity contribution in [3.63, 3.8) is 0 Å². The first-order valence-electron chi connectivity index (χ1n) is 11.8. The lowest BCUT2D eigenvalue weighted by Crippen LogP contribution is -2.44. The summed E-state index contributed by atoms with van der Waals surface area (Å²) in [6.07, 6.45) is 7.87. The van der Waals surface area contributed by atoms with Crippen molar-refractivity contribution >= 4 is 40.2 Å². The number of ether oxygens (including phenoxy) is 1. The Kier molecular flexibility index (Phi) is 9.64.